The highest BCUT2D eigenvalue weighted by Gasteiger charge is 2.19. The number of hydrogen-bond acceptors (Lipinski definition) is 6. The maximum absolute atomic E-state index is 11.6. The Labute approximate surface area is 109 Å². The number of benzene rings is 1. The molecule has 0 saturated heterocycles. The number of nitro groups is 1. The predicted molar refractivity (Wildman–Crippen MR) is 68.4 cm³/mol. The Morgan fingerprint density at radius 3 is 2.47 bits per heavy atom. The maximum Gasteiger partial charge on any atom is 0.338 e. The van der Waals surface area contributed by atoms with Gasteiger partial charge in [0.25, 0.3) is 5.69 Å². The summed E-state index contributed by atoms with van der Waals surface area (Å²) in [5.41, 5.74) is 0.231. The van der Waals surface area contributed by atoms with E-state index in [0.29, 0.717) is 5.69 Å². The molecular formula is C12H14N2O5. The Morgan fingerprint density at radius 1 is 1.37 bits per heavy atom. The van der Waals surface area contributed by atoms with Gasteiger partial charge < -0.3 is 9.64 Å². The summed E-state index contributed by atoms with van der Waals surface area (Å²) in [5.74, 6) is -1.06. The van der Waals surface area contributed by atoms with Gasteiger partial charge in [-0.2, -0.15) is 0 Å². The molecule has 1 aromatic carbocycles. The highest BCUT2D eigenvalue weighted by Crippen LogP contribution is 2.27. The Morgan fingerprint density at radius 2 is 2.00 bits per heavy atom. The fourth-order valence-electron chi connectivity index (χ4n) is 1.43. The van der Waals surface area contributed by atoms with Crippen LogP contribution in [-0.4, -0.2) is 37.4 Å². The van der Waals surface area contributed by atoms with E-state index in [0.717, 1.165) is 6.07 Å². The smallest absolute Gasteiger partial charge is 0.338 e. The zero-order valence-electron chi connectivity index (χ0n) is 10.9. The van der Waals surface area contributed by atoms with Crippen molar-refractivity contribution in [3.63, 3.8) is 0 Å². The number of nitrogens with zero attached hydrogens (tertiary/aromatic N) is 2. The van der Waals surface area contributed by atoms with Gasteiger partial charge in [-0.15, -0.1) is 0 Å². The molecule has 102 valence electrons. The van der Waals surface area contributed by atoms with Gasteiger partial charge in [-0.1, -0.05) is 0 Å². The molecule has 0 fully saturated rings. The standard InChI is InChI=1S/C12H14N2O5/c1-8(15)7-19-12(16)9-4-5-10(13(2)3)11(6-9)14(17)18/h4-6H,7H2,1-3H3. The molecule has 0 aliphatic heterocycles. The van der Waals surface area contributed by atoms with Crippen LogP contribution in [0, 0.1) is 10.1 Å². The van der Waals surface area contributed by atoms with Gasteiger partial charge in [0.1, 0.15) is 12.3 Å². The van der Waals surface area contributed by atoms with Gasteiger partial charge in [0.15, 0.2) is 5.78 Å². The van der Waals surface area contributed by atoms with E-state index in [-0.39, 0.29) is 23.6 Å². The fraction of sp³-hybridized carbons (Fsp3) is 0.333. The first-order chi connectivity index (χ1) is 8.82. The molecule has 0 atom stereocenters. The topological polar surface area (TPSA) is 89.8 Å². The van der Waals surface area contributed by atoms with Crippen LogP contribution in [0.1, 0.15) is 17.3 Å². The minimum absolute atomic E-state index is 0.0403. The summed E-state index contributed by atoms with van der Waals surface area (Å²) < 4.78 is 4.70. The van der Waals surface area contributed by atoms with Crippen LogP contribution in [0.15, 0.2) is 18.2 Å². The third-order valence-corrected chi connectivity index (χ3v) is 2.30. The minimum atomic E-state index is -0.761. The van der Waals surface area contributed by atoms with Gasteiger partial charge in [-0.05, 0) is 19.1 Å². The van der Waals surface area contributed by atoms with E-state index in [1.165, 1.54) is 19.1 Å². The zero-order valence-corrected chi connectivity index (χ0v) is 10.9. The summed E-state index contributed by atoms with van der Waals surface area (Å²) in [6, 6.07) is 4.02. The van der Waals surface area contributed by atoms with Crippen molar-refractivity contribution in [3.8, 4) is 0 Å². The minimum Gasteiger partial charge on any atom is -0.454 e. The summed E-state index contributed by atoms with van der Waals surface area (Å²) in [6.45, 7) is 0.937. The molecule has 0 bridgehead atoms. The molecule has 0 radical (unpaired) electrons. The predicted octanol–water partition coefficient (Wildman–Crippen LogP) is 1.41. The van der Waals surface area contributed by atoms with E-state index in [1.54, 1.807) is 19.0 Å². The third kappa shape index (κ3) is 3.77. The lowest BCUT2D eigenvalue weighted by molar-refractivity contribution is -0.384. The van der Waals surface area contributed by atoms with Crippen LogP contribution in [0.4, 0.5) is 11.4 Å². The molecule has 0 unspecified atom stereocenters. The van der Waals surface area contributed by atoms with E-state index in [1.807, 2.05) is 0 Å². The highest BCUT2D eigenvalue weighted by atomic mass is 16.6. The van der Waals surface area contributed by atoms with Gasteiger partial charge in [0, 0.05) is 20.2 Å². The number of esters is 1. The van der Waals surface area contributed by atoms with Crippen LogP contribution in [0.5, 0.6) is 0 Å². The van der Waals surface area contributed by atoms with Crippen LogP contribution >= 0.6 is 0 Å². The summed E-state index contributed by atoms with van der Waals surface area (Å²) >= 11 is 0. The Bertz CT molecular complexity index is 525. The summed E-state index contributed by atoms with van der Waals surface area (Å²) in [5, 5.41) is 10.9. The zero-order chi connectivity index (χ0) is 14.6. The second kappa shape index (κ2) is 5.94. The van der Waals surface area contributed by atoms with Gasteiger partial charge in [0.2, 0.25) is 0 Å². The molecule has 0 aliphatic carbocycles. The number of anilines is 1. The van der Waals surface area contributed by atoms with Crippen molar-refractivity contribution in [2.24, 2.45) is 0 Å². The molecule has 1 rings (SSSR count). The number of carbonyl (C=O) groups is 2. The number of ether oxygens (including phenoxy) is 1. The van der Waals surface area contributed by atoms with Crippen LogP contribution in [-0.2, 0) is 9.53 Å². The molecule has 0 amide bonds. The molecule has 19 heavy (non-hydrogen) atoms. The summed E-state index contributed by atoms with van der Waals surface area (Å²) in [4.78, 5) is 34.2. The molecule has 7 nitrogen and oxygen atoms in total. The Kier molecular flexibility index (Phi) is 4.57. The first-order valence-electron chi connectivity index (χ1n) is 5.45. The number of hydrogen-bond donors (Lipinski definition) is 0. The van der Waals surface area contributed by atoms with Crippen LogP contribution in [0.25, 0.3) is 0 Å². The van der Waals surface area contributed by atoms with E-state index >= 15 is 0 Å². The monoisotopic (exact) mass is 266 g/mol. The van der Waals surface area contributed by atoms with Crippen molar-refractivity contribution < 1.29 is 19.2 Å². The average molecular weight is 266 g/mol. The SMILES string of the molecule is CC(=O)COC(=O)c1ccc(N(C)C)c([N+](=O)[O-])c1. The van der Waals surface area contributed by atoms with E-state index in [2.05, 4.69) is 0 Å². The quantitative estimate of drug-likeness (QED) is 0.454. The van der Waals surface area contributed by atoms with Crippen molar-refractivity contribution in [3.05, 3.63) is 33.9 Å². The molecular weight excluding hydrogens is 252 g/mol. The lowest BCUT2D eigenvalue weighted by atomic mass is 10.1. The number of rotatable bonds is 5. The molecule has 0 saturated carbocycles. The molecule has 7 heteroatoms. The fourth-order valence-corrected chi connectivity index (χ4v) is 1.43. The van der Waals surface area contributed by atoms with Crippen LogP contribution < -0.4 is 4.90 Å². The summed E-state index contributed by atoms with van der Waals surface area (Å²) in [6.07, 6.45) is 0. The van der Waals surface area contributed by atoms with E-state index in [4.69, 9.17) is 4.74 Å². The lowest BCUT2D eigenvalue weighted by Gasteiger charge is -2.13. The first-order valence-corrected chi connectivity index (χ1v) is 5.45. The van der Waals surface area contributed by atoms with Crippen molar-refractivity contribution in [1.82, 2.24) is 0 Å². The molecule has 0 spiro atoms. The van der Waals surface area contributed by atoms with Gasteiger partial charge in [-0.3, -0.25) is 14.9 Å². The normalized spacial score (nSPS) is 9.84. The Hall–Kier alpha value is -2.44. The number of Topliss-reactive ketones (excluding diaryl/α,β-unsaturated/α-hetero) is 1. The largest absolute Gasteiger partial charge is 0.454 e. The highest BCUT2D eigenvalue weighted by molar-refractivity contribution is 5.93. The van der Waals surface area contributed by atoms with E-state index in [9.17, 15) is 19.7 Å². The van der Waals surface area contributed by atoms with Gasteiger partial charge >= 0.3 is 5.97 Å². The number of nitro benzene ring substituents is 1. The van der Waals surface area contributed by atoms with Crippen molar-refractivity contribution in [1.29, 1.82) is 0 Å². The molecule has 0 aliphatic rings. The third-order valence-electron chi connectivity index (χ3n) is 2.30. The molecule has 1 aromatic rings. The Balaban J connectivity index is 3.05. The average Bonchev–Trinajstić information content (AvgIpc) is 2.34. The molecule has 0 aromatic heterocycles. The van der Waals surface area contributed by atoms with Crippen LogP contribution in [0.3, 0.4) is 0 Å². The van der Waals surface area contributed by atoms with E-state index < -0.39 is 10.9 Å². The second-order valence-electron chi connectivity index (χ2n) is 4.13. The van der Waals surface area contributed by atoms with Crippen molar-refractivity contribution in [2.75, 3.05) is 25.6 Å². The molecule has 0 N–H and O–H groups in total. The van der Waals surface area contributed by atoms with Gasteiger partial charge in [-0.25, -0.2) is 4.79 Å². The first kappa shape index (κ1) is 14.6. The molecule has 0 heterocycles. The van der Waals surface area contributed by atoms with Crippen molar-refractivity contribution in [2.45, 2.75) is 6.92 Å². The number of ketones is 1. The summed E-state index contributed by atoms with van der Waals surface area (Å²) in [7, 11) is 3.33. The van der Waals surface area contributed by atoms with Crippen molar-refractivity contribution >= 4 is 23.1 Å². The maximum atomic E-state index is 11.6. The number of carbonyl (C=O) groups excluding carboxylic acids is 2. The van der Waals surface area contributed by atoms with Gasteiger partial charge in [0.05, 0.1) is 10.5 Å². The second-order valence-corrected chi connectivity index (χ2v) is 4.13. The lowest BCUT2D eigenvalue weighted by Crippen LogP contribution is -2.14. The van der Waals surface area contributed by atoms with Crippen LogP contribution in [0.2, 0.25) is 0 Å².